The third-order valence-corrected chi connectivity index (χ3v) is 1.74. The highest BCUT2D eigenvalue weighted by Gasteiger charge is 1.98. The average Bonchev–Trinajstić information content (AvgIpc) is 1.88. The molecule has 0 fully saturated rings. The van der Waals surface area contributed by atoms with Crippen molar-refractivity contribution in [1.82, 2.24) is 0 Å². The summed E-state index contributed by atoms with van der Waals surface area (Å²) in [7, 11) is 0. The topological polar surface area (TPSA) is 17.1 Å². The first-order valence-electron chi connectivity index (χ1n) is 2.65. The van der Waals surface area contributed by atoms with Gasteiger partial charge in [-0.15, -0.1) is 0 Å². The van der Waals surface area contributed by atoms with Crippen molar-refractivity contribution < 1.29 is 4.79 Å². The van der Waals surface area contributed by atoms with E-state index in [2.05, 4.69) is 15.9 Å². The van der Waals surface area contributed by atoms with Crippen LogP contribution in [0.25, 0.3) is 0 Å². The molecule has 52 valence electrons. The zero-order chi connectivity index (χ0) is 7.56. The molecule has 0 radical (unpaired) electrons. The summed E-state index contributed by atoms with van der Waals surface area (Å²) >= 11 is 8.43. The maximum Gasteiger partial charge on any atom is 0.228 e. The molecule has 0 aliphatic heterocycles. The second-order valence-electron chi connectivity index (χ2n) is 1.78. The van der Waals surface area contributed by atoms with Crippen LogP contribution < -0.4 is 0 Å². The highest BCUT2D eigenvalue weighted by atomic mass is 79.9. The quantitative estimate of drug-likeness (QED) is 0.664. The van der Waals surface area contributed by atoms with Crippen molar-refractivity contribution in [2.75, 3.05) is 0 Å². The Morgan fingerprint density at radius 1 is 1.50 bits per heavy atom. The third-order valence-electron chi connectivity index (χ3n) is 1.05. The number of carbonyl (C=O) groups excluding carboxylic acids is 1. The zero-order valence-electron chi connectivity index (χ0n) is 4.97. The lowest BCUT2D eigenvalue weighted by Crippen LogP contribution is -1.85. The Labute approximate surface area is 72.1 Å². The summed E-state index contributed by atoms with van der Waals surface area (Å²) in [5.74, 6) is 0. The van der Waals surface area contributed by atoms with Gasteiger partial charge in [-0.3, -0.25) is 4.79 Å². The lowest BCUT2D eigenvalue weighted by Gasteiger charge is -1.92. The summed E-state index contributed by atoms with van der Waals surface area (Å²) in [6.45, 7) is 0. The Morgan fingerprint density at radius 2 is 2.20 bits per heavy atom. The molecule has 1 nitrogen and oxygen atoms in total. The van der Waals surface area contributed by atoms with Crippen LogP contribution in [0.4, 0.5) is 0 Å². The summed E-state index contributed by atoms with van der Waals surface area (Å²) < 4.78 is -0.144. The Morgan fingerprint density at radius 3 is 2.60 bits per heavy atom. The molecule has 0 bridgehead atoms. The van der Waals surface area contributed by atoms with Crippen molar-refractivity contribution in [3.05, 3.63) is 34.9 Å². The summed E-state index contributed by atoms with van der Waals surface area (Å²) in [5, 5.41) is 0.574. The van der Waals surface area contributed by atoms with Crippen LogP contribution in [0.5, 0.6) is 0 Å². The van der Waals surface area contributed by atoms with Crippen molar-refractivity contribution in [3.8, 4) is 0 Å². The first kappa shape index (κ1) is 7.76. The highest BCUT2D eigenvalue weighted by Crippen LogP contribution is 2.12. The molecular formula is C7H4BrClO. The van der Waals surface area contributed by atoms with Gasteiger partial charge in [0.05, 0.1) is 0 Å². The second kappa shape index (κ2) is 3.17. The van der Waals surface area contributed by atoms with E-state index in [-0.39, 0.29) is 4.69 Å². The number of hydrogen-bond acceptors (Lipinski definition) is 1. The van der Waals surface area contributed by atoms with Crippen LogP contribution in [-0.4, -0.2) is 4.69 Å². The van der Waals surface area contributed by atoms with E-state index in [0.717, 1.165) is 0 Å². The molecule has 0 atom stereocenters. The third kappa shape index (κ3) is 1.82. The van der Waals surface area contributed by atoms with Gasteiger partial charge >= 0.3 is 0 Å². The number of rotatable bonds is 1. The fraction of sp³-hybridized carbons (Fsp3) is 0. The molecule has 0 N–H and O–H groups in total. The van der Waals surface area contributed by atoms with Crippen molar-refractivity contribution in [2.45, 2.75) is 0 Å². The summed E-state index contributed by atoms with van der Waals surface area (Å²) in [6.07, 6.45) is 0. The van der Waals surface area contributed by atoms with E-state index >= 15 is 0 Å². The Kier molecular flexibility index (Phi) is 2.46. The van der Waals surface area contributed by atoms with Gasteiger partial charge in [0, 0.05) is 10.6 Å². The predicted octanol–water partition coefficient (Wildman–Crippen LogP) is 2.88. The number of halogens is 2. The minimum absolute atomic E-state index is 0.144. The smallest absolute Gasteiger partial charge is 0.228 e. The van der Waals surface area contributed by atoms with Gasteiger partial charge in [-0.2, -0.15) is 0 Å². The van der Waals surface area contributed by atoms with Gasteiger partial charge in [0.2, 0.25) is 4.69 Å². The molecule has 0 aliphatic rings. The lowest BCUT2D eigenvalue weighted by atomic mass is 10.2. The van der Waals surface area contributed by atoms with Crippen LogP contribution in [0.15, 0.2) is 24.3 Å². The van der Waals surface area contributed by atoms with Crippen LogP contribution in [-0.2, 0) is 0 Å². The minimum Gasteiger partial charge on any atom is -0.281 e. The lowest BCUT2D eigenvalue weighted by molar-refractivity contribution is 0.109. The summed E-state index contributed by atoms with van der Waals surface area (Å²) in [5.41, 5.74) is 0.576. The molecule has 3 heteroatoms. The maximum absolute atomic E-state index is 10.7. The zero-order valence-corrected chi connectivity index (χ0v) is 7.32. The summed E-state index contributed by atoms with van der Waals surface area (Å²) in [6, 6.07) is 6.76. The molecule has 1 aromatic rings. The first-order valence-corrected chi connectivity index (χ1v) is 3.82. The first-order chi connectivity index (χ1) is 4.70. The van der Waals surface area contributed by atoms with E-state index in [4.69, 9.17) is 11.6 Å². The van der Waals surface area contributed by atoms with Gasteiger partial charge in [-0.1, -0.05) is 23.7 Å². The molecule has 1 aromatic carbocycles. The van der Waals surface area contributed by atoms with Gasteiger partial charge in [-0.05, 0) is 28.1 Å². The van der Waals surface area contributed by atoms with Gasteiger partial charge in [0.15, 0.2) is 0 Å². The van der Waals surface area contributed by atoms with Crippen LogP contribution in [0, 0.1) is 0 Å². The van der Waals surface area contributed by atoms with Gasteiger partial charge in [0.25, 0.3) is 0 Å². The van der Waals surface area contributed by atoms with E-state index < -0.39 is 0 Å². The summed E-state index contributed by atoms with van der Waals surface area (Å²) in [4.78, 5) is 10.7. The number of benzene rings is 1. The van der Waals surface area contributed by atoms with Crippen molar-refractivity contribution >= 4 is 32.2 Å². The molecule has 0 unspecified atom stereocenters. The van der Waals surface area contributed by atoms with Crippen LogP contribution in [0.3, 0.4) is 0 Å². The maximum atomic E-state index is 10.7. The molecular weight excluding hydrogens is 215 g/mol. The van der Waals surface area contributed by atoms with Crippen molar-refractivity contribution in [2.24, 2.45) is 0 Å². The Bertz CT molecular complexity index is 260. The Hall–Kier alpha value is -0.340. The molecule has 1 rings (SSSR count). The highest BCUT2D eigenvalue weighted by molar-refractivity contribution is 9.18. The monoisotopic (exact) mass is 218 g/mol. The second-order valence-corrected chi connectivity index (χ2v) is 2.94. The number of hydrogen-bond donors (Lipinski definition) is 0. The fourth-order valence-corrected chi connectivity index (χ4v) is 1.05. The van der Waals surface area contributed by atoms with Crippen molar-refractivity contribution in [1.29, 1.82) is 0 Å². The molecule has 0 spiro atoms. The molecule has 0 saturated carbocycles. The predicted molar refractivity (Wildman–Crippen MR) is 44.7 cm³/mol. The molecule has 0 amide bonds. The van der Waals surface area contributed by atoms with Crippen molar-refractivity contribution in [3.63, 3.8) is 0 Å². The van der Waals surface area contributed by atoms with E-state index in [1.54, 1.807) is 24.3 Å². The molecule has 10 heavy (non-hydrogen) atoms. The fourth-order valence-electron chi connectivity index (χ4n) is 0.611. The largest absolute Gasteiger partial charge is 0.281 e. The number of carbonyl (C=O) groups is 1. The van der Waals surface area contributed by atoms with Gasteiger partial charge in [0.1, 0.15) is 0 Å². The molecule has 0 aromatic heterocycles. The van der Waals surface area contributed by atoms with E-state index in [0.29, 0.717) is 10.6 Å². The molecule has 0 heterocycles. The van der Waals surface area contributed by atoms with E-state index in [1.165, 1.54) is 0 Å². The molecule has 0 aliphatic carbocycles. The molecule has 0 saturated heterocycles. The SMILES string of the molecule is O=C(Br)c1cccc(Cl)c1. The van der Waals surface area contributed by atoms with E-state index in [1.807, 2.05) is 0 Å². The van der Waals surface area contributed by atoms with E-state index in [9.17, 15) is 4.79 Å². The Balaban J connectivity index is 3.07. The van der Waals surface area contributed by atoms with Gasteiger partial charge in [-0.25, -0.2) is 0 Å². The normalized spacial score (nSPS) is 9.40. The van der Waals surface area contributed by atoms with Crippen LogP contribution in [0.1, 0.15) is 10.4 Å². The van der Waals surface area contributed by atoms with Crippen LogP contribution in [0.2, 0.25) is 5.02 Å². The average molecular weight is 219 g/mol. The van der Waals surface area contributed by atoms with Crippen LogP contribution >= 0.6 is 27.5 Å². The van der Waals surface area contributed by atoms with Gasteiger partial charge < -0.3 is 0 Å². The minimum atomic E-state index is -0.144. The standard InChI is InChI=1S/C7H4BrClO/c8-7(10)5-2-1-3-6(9)4-5/h1-4H.